The van der Waals surface area contributed by atoms with Gasteiger partial charge in [0.2, 0.25) is 0 Å². The third-order valence-electron chi connectivity index (χ3n) is 4.87. The van der Waals surface area contributed by atoms with Gasteiger partial charge in [0.25, 0.3) is 0 Å². The molecule has 104 valence electrons. The summed E-state index contributed by atoms with van der Waals surface area (Å²) in [5, 5.41) is 0. The van der Waals surface area contributed by atoms with E-state index in [0.29, 0.717) is 11.7 Å². The van der Waals surface area contributed by atoms with E-state index in [1.165, 1.54) is 19.3 Å². The second-order valence-electron chi connectivity index (χ2n) is 6.17. The number of carbonyl (C=O) groups is 1. The Labute approximate surface area is 111 Å². The smallest absolute Gasteiger partial charge is 0.153 e. The van der Waals surface area contributed by atoms with Crippen LogP contribution in [0.5, 0.6) is 0 Å². The van der Waals surface area contributed by atoms with Gasteiger partial charge in [-0.15, -0.1) is 0 Å². The molecule has 0 atom stereocenters. The van der Waals surface area contributed by atoms with Crippen LogP contribution in [0.4, 0.5) is 0 Å². The summed E-state index contributed by atoms with van der Waals surface area (Å²) < 4.78 is 5.38. The number of hydrogen-bond donors (Lipinski definition) is 0. The van der Waals surface area contributed by atoms with E-state index in [1.54, 1.807) is 0 Å². The first-order valence-electron chi connectivity index (χ1n) is 7.43. The maximum atomic E-state index is 12.7. The summed E-state index contributed by atoms with van der Waals surface area (Å²) in [5.74, 6) is 1.05. The molecule has 0 amide bonds. The molecular weight excluding hydrogens is 226 g/mol. The molecule has 0 aromatic carbocycles. The highest BCUT2D eigenvalue weighted by Gasteiger charge is 2.41. The number of Topliss-reactive ketones (excluding diaryl/α,β-unsaturated/α-hetero) is 1. The van der Waals surface area contributed by atoms with Gasteiger partial charge in [0, 0.05) is 19.6 Å². The van der Waals surface area contributed by atoms with Crippen molar-refractivity contribution < 1.29 is 9.53 Å². The van der Waals surface area contributed by atoms with Crippen LogP contribution in [0.25, 0.3) is 0 Å². The molecule has 2 rings (SSSR count). The van der Waals surface area contributed by atoms with Gasteiger partial charge >= 0.3 is 0 Å². The summed E-state index contributed by atoms with van der Waals surface area (Å²) in [4.78, 5) is 14.9. The molecule has 0 N–H and O–H groups in total. The summed E-state index contributed by atoms with van der Waals surface area (Å²) in [6, 6.07) is 0. The van der Waals surface area contributed by atoms with Crippen molar-refractivity contribution >= 4 is 5.78 Å². The minimum atomic E-state index is -0.156. The molecule has 1 saturated heterocycles. The number of hydrogen-bond acceptors (Lipinski definition) is 3. The average Bonchev–Trinajstić information content (AvgIpc) is 2.40. The lowest BCUT2D eigenvalue weighted by Gasteiger charge is -2.42. The van der Waals surface area contributed by atoms with Crippen molar-refractivity contribution in [2.75, 3.05) is 27.3 Å². The SMILES string of the molecule is CN(C)C1(C(=O)CC2CCOCC2)CCCCC1. The second kappa shape index (κ2) is 6.16. The Kier molecular flexibility index (Phi) is 4.79. The Bertz CT molecular complexity index is 276. The largest absolute Gasteiger partial charge is 0.381 e. The molecule has 0 aromatic rings. The Morgan fingerprint density at radius 2 is 1.78 bits per heavy atom. The van der Waals surface area contributed by atoms with Gasteiger partial charge in [-0.1, -0.05) is 19.3 Å². The number of rotatable bonds is 4. The predicted octanol–water partition coefficient (Wildman–Crippen LogP) is 2.64. The molecule has 3 nitrogen and oxygen atoms in total. The van der Waals surface area contributed by atoms with E-state index in [0.717, 1.165) is 45.3 Å². The van der Waals surface area contributed by atoms with Crippen molar-refractivity contribution in [2.45, 2.75) is 56.9 Å². The Hall–Kier alpha value is -0.410. The summed E-state index contributed by atoms with van der Waals surface area (Å²) in [6.45, 7) is 1.68. The Morgan fingerprint density at radius 3 is 2.33 bits per heavy atom. The van der Waals surface area contributed by atoms with Gasteiger partial charge in [0.05, 0.1) is 5.54 Å². The molecule has 1 aliphatic carbocycles. The average molecular weight is 253 g/mol. The van der Waals surface area contributed by atoms with Gasteiger partial charge in [0.1, 0.15) is 0 Å². The first-order chi connectivity index (χ1) is 8.65. The second-order valence-corrected chi connectivity index (χ2v) is 6.17. The quantitative estimate of drug-likeness (QED) is 0.771. The van der Waals surface area contributed by atoms with E-state index in [-0.39, 0.29) is 5.54 Å². The van der Waals surface area contributed by atoms with Gasteiger partial charge in [0.15, 0.2) is 5.78 Å². The van der Waals surface area contributed by atoms with Crippen LogP contribution in [0.3, 0.4) is 0 Å². The first kappa shape index (κ1) is 14.0. The molecule has 18 heavy (non-hydrogen) atoms. The summed E-state index contributed by atoms with van der Waals surface area (Å²) in [6.07, 6.45) is 8.71. The van der Waals surface area contributed by atoms with E-state index in [9.17, 15) is 4.79 Å². The third-order valence-corrected chi connectivity index (χ3v) is 4.87. The minimum absolute atomic E-state index is 0.156. The van der Waals surface area contributed by atoms with Crippen LogP contribution in [0.15, 0.2) is 0 Å². The molecule has 1 heterocycles. The Morgan fingerprint density at radius 1 is 1.17 bits per heavy atom. The molecule has 0 spiro atoms. The van der Waals surface area contributed by atoms with Crippen LogP contribution in [0.2, 0.25) is 0 Å². The van der Waals surface area contributed by atoms with Crippen molar-refractivity contribution in [3.05, 3.63) is 0 Å². The fraction of sp³-hybridized carbons (Fsp3) is 0.933. The van der Waals surface area contributed by atoms with E-state index in [2.05, 4.69) is 19.0 Å². The molecule has 0 radical (unpaired) electrons. The highest BCUT2D eigenvalue weighted by Crippen LogP contribution is 2.35. The van der Waals surface area contributed by atoms with Crippen LogP contribution in [-0.2, 0) is 9.53 Å². The highest BCUT2D eigenvalue weighted by molar-refractivity contribution is 5.88. The highest BCUT2D eigenvalue weighted by atomic mass is 16.5. The monoisotopic (exact) mass is 253 g/mol. The molecule has 1 saturated carbocycles. The zero-order chi connectivity index (χ0) is 13.0. The molecule has 3 heteroatoms. The van der Waals surface area contributed by atoms with Crippen LogP contribution < -0.4 is 0 Å². The van der Waals surface area contributed by atoms with Crippen LogP contribution >= 0.6 is 0 Å². The lowest BCUT2D eigenvalue weighted by atomic mass is 9.74. The summed E-state index contributed by atoms with van der Waals surface area (Å²) >= 11 is 0. The minimum Gasteiger partial charge on any atom is -0.381 e. The van der Waals surface area contributed by atoms with Crippen molar-refractivity contribution in [1.29, 1.82) is 0 Å². The maximum absolute atomic E-state index is 12.7. The number of likely N-dealkylation sites (N-methyl/N-ethyl adjacent to an activating group) is 1. The van der Waals surface area contributed by atoms with Gasteiger partial charge in [-0.2, -0.15) is 0 Å². The molecule has 0 aromatic heterocycles. The fourth-order valence-electron chi connectivity index (χ4n) is 3.51. The summed E-state index contributed by atoms with van der Waals surface area (Å²) in [7, 11) is 4.15. The molecule has 2 aliphatic rings. The maximum Gasteiger partial charge on any atom is 0.153 e. The summed E-state index contributed by atoms with van der Waals surface area (Å²) in [5.41, 5.74) is -0.156. The van der Waals surface area contributed by atoms with Crippen LogP contribution in [0.1, 0.15) is 51.4 Å². The van der Waals surface area contributed by atoms with Crippen molar-refractivity contribution in [3.8, 4) is 0 Å². The first-order valence-corrected chi connectivity index (χ1v) is 7.43. The van der Waals surface area contributed by atoms with Crippen LogP contribution in [0, 0.1) is 5.92 Å². The molecule has 0 unspecified atom stereocenters. The zero-order valence-electron chi connectivity index (χ0n) is 11.9. The number of ketones is 1. The zero-order valence-corrected chi connectivity index (χ0v) is 11.9. The number of ether oxygens (including phenoxy) is 1. The van der Waals surface area contributed by atoms with E-state index in [1.807, 2.05) is 0 Å². The van der Waals surface area contributed by atoms with E-state index < -0.39 is 0 Å². The van der Waals surface area contributed by atoms with Gasteiger partial charge in [-0.25, -0.2) is 0 Å². The van der Waals surface area contributed by atoms with Gasteiger partial charge in [-0.05, 0) is 45.7 Å². The third kappa shape index (κ3) is 2.94. The normalized spacial score (nSPS) is 25.3. The molecule has 1 aliphatic heterocycles. The number of nitrogens with zero attached hydrogens (tertiary/aromatic N) is 1. The number of carbonyl (C=O) groups excluding carboxylic acids is 1. The molecule has 0 bridgehead atoms. The fourth-order valence-corrected chi connectivity index (χ4v) is 3.51. The predicted molar refractivity (Wildman–Crippen MR) is 72.7 cm³/mol. The van der Waals surface area contributed by atoms with Crippen molar-refractivity contribution in [1.82, 2.24) is 4.90 Å². The Balaban J connectivity index is 1.99. The topological polar surface area (TPSA) is 29.5 Å². The standard InChI is InChI=1S/C15H27NO2/c1-16(2)15(8-4-3-5-9-15)14(17)12-13-6-10-18-11-7-13/h13H,3-12H2,1-2H3. The van der Waals surface area contributed by atoms with Crippen LogP contribution in [-0.4, -0.2) is 43.5 Å². The lowest BCUT2D eigenvalue weighted by Crippen LogP contribution is -2.53. The van der Waals surface area contributed by atoms with Gasteiger partial charge in [-0.3, -0.25) is 9.69 Å². The lowest BCUT2D eigenvalue weighted by molar-refractivity contribution is -0.133. The van der Waals surface area contributed by atoms with E-state index in [4.69, 9.17) is 4.74 Å². The molecular formula is C15H27NO2. The van der Waals surface area contributed by atoms with Crippen molar-refractivity contribution in [2.24, 2.45) is 5.92 Å². The van der Waals surface area contributed by atoms with Crippen molar-refractivity contribution in [3.63, 3.8) is 0 Å². The molecule has 2 fully saturated rings. The van der Waals surface area contributed by atoms with Gasteiger partial charge < -0.3 is 4.74 Å². The van der Waals surface area contributed by atoms with E-state index >= 15 is 0 Å².